The van der Waals surface area contributed by atoms with E-state index >= 15 is 0 Å². The van der Waals surface area contributed by atoms with Gasteiger partial charge in [-0.15, -0.1) is 74.6 Å². The quantitative estimate of drug-likeness (QED) is 0.122. The molecule has 58 heavy (non-hydrogen) atoms. The van der Waals surface area contributed by atoms with Crippen LogP contribution >= 0.6 is 17.0 Å². The summed E-state index contributed by atoms with van der Waals surface area (Å²) in [6, 6.07) is 50.1. The summed E-state index contributed by atoms with van der Waals surface area (Å²) < 4.78 is 0. The van der Waals surface area contributed by atoms with Crippen LogP contribution in [0, 0.1) is 47.6 Å². The molecule has 0 bridgehead atoms. The molecule has 0 saturated carbocycles. The molecule has 294 valence electrons. The predicted octanol–water partition coefficient (Wildman–Crippen LogP) is 15.0. The summed E-state index contributed by atoms with van der Waals surface area (Å²) in [7, 11) is 10.7. The Bertz CT molecular complexity index is 2490. The van der Waals surface area contributed by atoms with Gasteiger partial charge in [-0.1, -0.05) is 121 Å². The zero-order chi connectivity index (χ0) is 41.7. The van der Waals surface area contributed by atoms with E-state index in [1.54, 1.807) is 0 Å². The molecule has 9 rings (SSSR count). The molecule has 0 nitrogen and oxygen atoms in total. The maximum absolute atomic E-state index is 4.93. The van der Waals surface area contributed by atoms with Crippen molar-refractivity contribution in [2.45, 2.75) is 81.1 Å². The van der Waals surface area contributed by atoms with Crippen LogP contribution in [0.1, 0.15) is 84.0 Å². The Labute approximate surface area is 368 Å². The smallest absolute Gasteiger partial charge is 0.0920 e. The summed E-state index contributed by atoms with van der Waals surface area (Å²) in [5, 5.41) is 8.30. The molecule has 4 heteroatoms. The molecule has 0 saturated heterocycles. The maximum atomic E-state index is 4.93. The SMILES string of the molecule is Cc1cc(C)c(C)c(-c2cccc3[cH-]c(C(C)C)cc23)c1.Cc1cc(C)c(C)c(-c2cccc3[cH-]c(C(C)C)cc23)c1.[Cl][Zr][Cl].[c-]1cccc2c1[Si]c1ccccc1-2. The Kier molecular flexibility index (Phi) is 14.7. The molecule has 1 aliphatic rings. The number of halogens is 2. The summed E-state index contributed by atoms with van der Waals surface area (Å²) in [6.45, 7) is 22.3. The van der Waals surface area contributed by atoms with Gasteiger partial charge in [0.1, 0.15) is 0 Å². The van der Waals surface area contributed by atoms with Gasteiger partial charge in [0.25, 0.3) is 0 Å². The monoisotopic (exact) mass is 889 g/mol. The fourth-order valence-corrected chi connectivity index (χ4v) is 9.33. The summed E-state index contributed by atoms with van der Waals surface area (Å²) in [5.41, 5.74) is 19.3. The minimum absolute atomic E-state index is 0.575. The molecule has 0 aromatic heterocycles. The number of hydrogen-bond acceptors (Lipinski definition) is 0. The first-order valence-electron chi connectivity index (χ1n) is 20.2. The van der Waals surface area contributed by atoms with E-state index in [-0.39, 0.29) is 0 Å². The standard InChI is InChI=1S/2C21H23.C12H7Si.2ClH.Zr/c2*1-13(2)18-11-17-7-6-8-19(21(17)12-18)20-10-14(3)9-15(4)16(20)5;1-3-7-11-9(5-1)10-6-2-4-8-12(10)13-11;;;/h2*6-13H,1-5H3;1-7H;2*1H;/q3*-1;;;+2/p-2. The van der Waals surface area contributed by atoms with E-state index in [2.05, 4.69) is 197 Å². The van der Waals surface area contributed by atoms with E-state index in [1.807, 2.05) is 6.07 Å². The third-order valence-electron chi connectivity index (χ3n) is 11.4. The first-order valence-corrected chi connectivity index (χ1v) is 27.5. The van der Waals surface area contributed by atoms with Gasteiger partial charge in [-0.3, -0.25) is 0 Å². The average Bonchev–Trinajstić information content (AvgIpc) is 3.94. The Hall–Kier alpha value is -3.78. The van der Waals surface area contributed by atoms with Crippen molar-refractivity contribution >= 4 is 58.5 Å². The Morgan fingerprint density at radius 1 is 0.517 bits per heavy atom. The third-order valence-corrected chi connectivity index (χ3v) is 12.8. The van der Waals surface area contributed by atoms with Gasteiger partial charge in [-0.25, -0.2) is 0 Å². The van der Waals surface area contributed by atoms with Crippen LogP contribution in [-0.4, -0.2) is 9.52 Å². The van der Waals surface area contributed by atoms with Gasteiger partial charge in [0.15, 0.2) is 0 Å². The fourth-order valence-electron chi connectivity index (χ4n) is 8.02. The van der Waals surface area contributed by atoms with E-state index < -0.39 is 20.8 Å². The molecule has 0 unspecified atom stereocenters. The van der Waals surface area contributed by atoms with Crippen LogP contribution in [0.25, 0.3) is 54.9 Å². The summed E-state index contributed by atoms with van der Waals surface area (Å²) >= 11 is -0.826. The van der Waals surface area contributed by atoms with Crippen molar-refractivity contribution in [2.24, 2.45) is 0 Å². The number of fused-ring (bicyclic) bond motifs is 5. The first-order chi connectivity index (χ1) is 27.8. The van der Waals surface area contributed by atoms with Crippen LogP contribution in [-0.2, 0) is 20.8 Å². The molecule has 0 spiro atoms. The minimum Gasteiger partial charge on any atom is -0.184 e. The van der Waals surface area contributed by atoms with Crippen molar-refractivity contribution in [2.75, 3.05) is 0 Å². The molecule has 0 amide bonds. The van der Waals surface area contributed by atoms with Crippen LogP contribution < -0.4 is 10.4 Å². The van der Waals surface area contributed by atoms with E-state index in [9.17, 15) is 0 Å². The van der Waals surface area contributed by atoms with Gasteiger partial charge in [-0.2, -0.15) is 41.6 Å². The second-order valence-electron chi connectivity index (χ2n) is 16.2. The van der Waals surface area contributed by atoms with Crippen molar-refractivity contribution in [1.29, 1.82) is 0 Å². The number of benzene rings is 6. The molecular formula is C54H53Cl2SiZr-3. The van der Waals surface area contributed by atoms with Crippen LogP contribution in [0.3, 0.4) is 0 Å². The number of aryl methyl sites for hydroxylation is 4. The molecule has 8 aromatic carbocycles. The van der Waals surface area contributed by atoms with Gasteiger partial charge in [0.05, 0.1) is 9.52 Å². The normalized spacial score (nSPS) is 11.3. The summed E-state index contributed by atoms with van der Waals surface area (Å²) in [4.78, 5) is 0. The van der Waals surface area contributed by atoms with Crippen molar-refractivity contribution in [3.05, 3.63) is 178 Å². The minimum atomic E-state index is -0.826. The fraction of sp³-hybridized carbons (Fsp3) is 0.222. The van der Waals surface area contributed by atoms with Crippen LogP contribution in [0.5, 0.6) is 0 Å². The van der Waals surface area contributed by atoms with Crippen molar-refractivity contribution in [3.8, 4) is 33.4 Å². The Morgan fingerprint density at radius 2 is 0.966 bits per heavy atom. The maximum Gasteiger partial charge on any atom is 0.0920 e. The zero-order valence-electron chi connectivity index (χ0n) is 35.5. The number of rotatable bonds is 4. The van der Waals surface area contributed by atoms with Crippen molar-refractivity contribution < 1.29 is 20.8 Å². The van der Waals surface area contributed by atoms with Gasteiger partial charge in [0, 0.05) is 0 Å². The Morgan fingerprint density at radius 3 is 1.45 bits per heavy atom. The summed E-state index contributed by atoms with van der Waals surface area (Å²) in [6.07, 6.45) is 0. The van der Waals surface area contributed by atoms with E-state index in [0.29, 0.717) is 11.8 Å². The zero-order valence-corrected chi connectivity index (χ0v) is 40.5. The van der Waals surface area contributed by atoms with Gasteiger partial charge < -0.3 is 0 Å². The predicted molar refractivity (Wildman–Crippen MR) is 254 cm³/mol. The van der Waals surface area contributed by atoms with E-state index in [4.69, 9.17) is 17.0 Å². The number of hydrogen-bond donors (Lipinski definition) is 0. The Balaban J connectivity index is 0.000000145. The topological polar surface area (TPSA) is 0 Å². The van der Waals surface area contributed by atoms with Crippen LogP contribution in [0.4, 0.5) is 0 Å². The molecule has 8 aromatic rings. The molecular weight excluding hydrogens is 839 g/mol. The van der Waals surface area contributed by atoms with E-state index in [0.717, 1.165) is 9.52 Å². The largest absolute Gasteiger partial charge is 0.184 e. The molecule has 0 fully saturated rings. The van der Waals surface area contributed by atoms with E-state index in [1.165, 1.54) is 110 Å². The first kappa shape index (κ1) is 43.8. The van der Waals surface area contributed by atoms with Gasteiger partial charge in [-0.05, 0) is 86.8 Å². The third kappa shape index (κ3) is 9.80. The second-order valence-corrected chi connectivity index (χ2v) is 21.2. The molecule has 2 radical (unpaired) electrons. The molecule has 1 aliphatic heterocycles. The van der Waals surface area contributed by atoms with Gasteiger partial charge in [0.2, 0.25) is 0 Å². The molecule has 1 heterocycles. The summed E-state index contributed by atoms with van der Waals surface area (Å²) in [5.74, 6) is 1.15. The molecule has 0 N–H and O–H groups in total. The molecule has 0 aliphatic carbocycles. The second kappa shape index (κ2) is 19.5. The van der Waals surface area contributed by atoms with Crippen molar-refractivity contribution in [3.63, 3.8) is 0 Å². The van der Waals surface area contributed by atoms with Gasteiger partial charge >= 0.3 is 37.9 Å². The average molecular weight is 892 g/mol. The molecule has 0 atom stereocenters. The van der Waals surface area contributed by atoms with Crippen LogP contribution in [0.2, 0.25) is 0 Å². The van der Waals surface area contributed by atoms with Crippen LogP contribution in [0.15, 0.2) is 127 Å². The van der Waals surface area contributed by atoms with Crippen molar-refractivity contribution in [1.82, 2.24) is 0 Å².